The molecule has 37 heavy (non-hydrogen) atoms. The first-order chi connectivity index (χ1) is 18.0. The van der Waals surface area contributed by atoms with E-state index in [9.17, 15) is 9.59 Å². The van der Waals surface area contributed by atoms with Crippen molar-refractivity contribution in [2.24, 2.45) is 0 Å². The number of carbonyl (C=O) groups excluding carboxylic acids is 2. The minimum atomic E-state index is -0.198. The Bertz CT molecular complexity index is 1220. The second kappa shape index (κ2) is 13.2. The number of benzene rings is 3. The van der Waals surface area contributed by atoms with Crippen LogP contribution in [0.25, 0.3) is 0 Å². The maximum atomic E-state index is 13.4. The first kappa shape index (κ1) is 26.6. The fraction of sp³-hybridized carbons (Fsp3) is 0.267. The van der Waals surface area contributed by atoms with Gasteiger partial charge < -0.3 is 15.5 Å². The molecule has 0 spiro atoms. The lowest BCUT2D eigenvalue weighted by atomic mass is 9.99. The number of anilines is 1. The molecular weight excluding hydrogens is 528 g/mol. The van der Waals surface area contributed by atoms with E-state index < -0.39 is 0 Å². The average molecular weight is 562 g/mol. The molecular formula is C30H33BrN4O2. The fourth-order valence-corrected chi connectivity index (χ4v) is 4.90. The lowest BCUT2D eigenvalue weighted by Gasteiger charge is -2.35. The van der Waals surface area contributed by atoms with Gasteiger partial charge in [-0.25, -0.2) is 0 Å². The second-order valence-corrected chi connectivity index (χ2v) is 9.87. The number of nitrogens with one attached hydrogen (secondary N) is 2. The topological polar surface area (TPSA) is 64.7 Å². The van der Waals surface area contributed by atoms with Crippen LogP contribution in [0.5, 0.6) is 0 Å². The molecule has 3 aromatic carbocycles. The van der Waals surface area contributed by atoms with E-state index in [0.29, 0.717) is 24.1 Å². The summed E-state index contributed by atoms with van der Waals surface area (Å²) >= 11 is 3.47. The molecule has 0 unspecified atom stereocenters. The summed E-state index contributed by atoms with van der Waals surface area (Å²) in [5.74, 6) is -0.104. The summed E-state index contributed by atoms with van der Waals surface area (Å²) in [6.07, 6.45) is 1.74. The van der Waals surface area contributed by atoms with Gasteiger partial charge in [-0.15, -0.1) is 0 Å². The third kappa shape index (κ3) is 7.31. The average Bonchev–Trinajstić information content (AvgIpc) is 2.95. The number of hydrogen-bond donors (Lipinski definition) is 2. The molecule has 2 amide bonds. The highest BCUT2D eigenvalue weighted by atomic mass is 79.9. The molecule has 0 aliphatic carbocycles. The van der Waals surface area contributed by atoms with Gasteiger partial charge in [0.25, 0.3) is 11.8 Å². The Balaban J connectivity index is 1.34. The van der Waals surface area contributed by atoms with Gasteiger partial charge in [0, 0.05) is 56.7 Å². The van der Waals surface area contributed by atoms with Gasteiger partial charge in [-0.05, 0) is 58.1 Å². The number of aryl methyl sites for hydroxylation is 2. The third-order valence-electron chi connectivity index (χ3n) is 6.61. The van der Waals surface area contributed by atoms with Gasteiger partial charge in [-0.1, -0.05) is 66.7 Å². The molecule has 192 valence electrons. The number of hydrogen-bond acceptors (Lipinski definition) is 4. The molecule has 3 aromatic rings. The van der Waals surface area contributed by atoms with Crippen molar-refractivity contribution in [3.05, 3.63) is 112 Å². The number of piperazine rings is 1. The van der Waals surface area contributed by atoms with E-state index in [-0.39, 0.29) is 11.8 Å². The van der Waals surface area contributed by atoms with E-state index in [2.05, 4.69) is 61.8 Å². The summed E-state index contributed by atoms with van der Waals surface area (Å²) in [7, 11) is 1.82. The van der Waals surface area contributed by atoms with Crippen molar-refractivity contribution in [2.75, 3.05) is 45.1 Å². The molecule has 0 saturated carbocycles. The molecule has 0 bridgehead atoms. The minimum absolute atomic E-state index is 0.0936. The van der Waals surface area contributed by atoms with Crippen LogP contribution in [0.4, 0.5) is 5.69 Å². The van der Waals surface area contributed by atoms with Gasteiger partial charge in [0.2, 0.25) is 0 Å². The van der Waals surface area contributed by atoms with E-state index >= 15 is 0 Å². The maximum absolute atomic E-state index is 13.4. The largest absolute Gasteiger partial charge is 0.389 e. The zero-order chi connectivity index (χ0) is 26.0. The molecule has 0 aromatic heterocycles. The summed E-state index contributed by atoms with van der Waals surface area (Å²) in [5, 5.41) is 6.07. The van der Waals surface area contributed by atoms with E-state index in [1.807, 2.05) is 66.5 Å². The van der Waals surface area contributed by atoms with Crippen LogP contribution in [0.1, 0.15) is 21.5 Å². The second-order valence-electron chi connectivity index (χ2n) is 9.07. The van der Waals surface area contributed by atoms with Crippen molar-refractivity contribution < 1.29 is 9.59 Å². The Morgan fingerprint density at radius 1 is 0.811 bits per heavy atom. The highest BCUT2D eigenvalue weighted by molar-refractivity contribution is 9.12. The van der Waals surface area contributed by atoms with Crippen molar-refractivity contribution in [1.29, 1.82) is 0 Å². The number of para-hydroxylation sites is 1. The van der Waals surface area contributed by atoms with Gasteiger partial charge >= 0.3 is 0 Å². The monoisotopic (exact) mass is 560 g/mol. The van der Waals surface area contributed by atoms with Crippen LogP contribution in [0.3, 0.4) is 0 Å². The molecule has 1 aliphatic heterocycles. The number of halogens is 1. The van der Waals surface area contributed by atoms with Crippen LogP contribution in [0, 0.1) is 0 Å². The molecule has 0 atom stereocenters. The Morgan fingerprint density at radius 2 is 1.43 bits per heavy atom. The lowest BCUT2D eigenvalue weighted by Crippen LogP contribution is -2.49. The summed E-state index contributed by atoms with van der Waals surface area (Å²) in [6.45, 7) is 3.37. The number of carbonyl (C=O) groups is 2. The van der Waals surface area contributed by atoms with E-state index in [1.54, 1.807) is 0 Å². The fourth-order valence-electron chi connectivity index (χ4n) is 4.48. The smallest absolute Gasteiger partial charge is 0.264 e. The summed E-state index contributed by atoms with van der Waals surface area (Å²) < 4.78 is 0.477. The van der Waals surface area contributed by atoms with Crippen LogP contribution in [-0.4, -0.2) is 61.4 Å². The van der Waals surface area contributed by atoms with Crippen LogP contribution < -0.4 is 10.6 Å². The molecule has 1 fully saturated rings. The number of rotatable bonds is 9. The molecule has 4 rings (SSSR count). The van der Waals surface area contributed by atoms with Crippen molar-refractivity contribution in [2.45, 2.75) is 12.8 Å². The van der Waals surface area contributed by atoms with Crippen LogP contribution in [0.15, 0.2) is 95.1 Å². The van der Waals surface area contributed by atoms with Gasteiger partial charge in [-0.2, -0.15) is 0 Å². The Hall–Kier alpha value is -3.42. The molecule has 1 saturated heterocycles. The predicted octanol–water partition coefficient (Wildman–Crippen LogP) is 4.69. The van der Waals surface area contributed by atoms with E-state index in [4.69, 9.17) is 0 Å². The van der Waals surface area contributed by atoms with E-state index in [1.165, 1.54) is 5.56 Å². The minimum Gasteiger partial charge on any atom is -0.389 e. The molecule has 2 N–H and O–H groups in total. The number of amides is 2. The van der Waals surface area contributed by atoms with Crippen LogP contribution >= 0.6 is 15.9 Å². The van der Waals surface area contributed by atoms with Gasteiger partial charge in [-0.3, -0.25) is 14.5 Å². The van der Waals surface area contributed by atoms with Crippen LogP contribution in [0.2, 0.25) is 0 Å². The third-order valence-corrected chi connectivity index (χ3v) is 7.45. The standard InChI is InChI=1S/C30H33BrN4O2/c1-32-27(28(31)29(36)33-25-13-6-3-7-14-25)22-34-18-20-35(21-19-34)30(37)26-15-9-8-12-24(26)17-16-23-10-4-2-5-11-23/h2-15,32H,16-22H2,1H3,(H,33,36)/b28-27+. The molecule has 0 radical (unpaired) electrons. The van der Waals surface area contributed by atoms with E-state index in [0.717, 1.165) is 48.4 Å². The summed E-state index contributed by atoms with van der Waals surface area (Å²) in [6, 6.07) is 27.7. The first-order valence-electron chi connectivity index (χ1n) is 12.6. The highest BCUT2D eigenvalue weighted by Crippen LogP contribution is 2.19. The van der Waals surface area contributed by atoms with Crippen molar-refractivity contribution in [1.82, 2.24) is 15.1 Å². The molecule has 6 nitrogen and oxygen atoms in total. The predicted molar refractivity (Wildman–Crippen MR) is 153 cm³/mol. The Kier molecular flexibility index (Phi) is 9.52. The zero-order valence-electron chi connectivity index (χ0n) is 21.1. The molecule has 1 aliphatic rings. The van der Waals surface area contributed by atoms with Gasteiger partial charge in [0.05, 0.1) is 0 Å². The SMILES string of the molecule is CN/C(CN1CCN(C(=O)c2ccccc2CCc2ccccc2)CC1)=C(/Br)C(=O)Nc1ccccc1. The molecule has 1 heterocycles. The van der Waals surface area contributed by atoms with Gasteiger partial charge in [0.1, 0.15) is 4.48 Å². The molecule has 7 heteroatoms. The Morgan fingerprint density at radius 3 is 2.11 bits per heavy atom. The quantitative estimate of drug-likeness (QED) is 0.372. The van der Waals surface area contributed by atoms with Crippen molar-refractivity contribution >= 4 is 33.4 Å². The number of nitrogens with zero attached hydrogens (tertiary/aromatic N) is 2. The maximum Gasteiger partial charge on any atom is 0.264 e. The van der Waals surface area contributed by atoms with Crippen molar-refractivity contribution in [3.63, 3.8) is 0 Å². The highest BCUT2D eigenvalue weighted by Gasteiger charge is 2.25. The summed E-state index contributed by atoms with van der Waals surface area (Å²) in [4.78, 5) is 30.3. The van der Waals surface area contributed by atoms with Crippen molar-refractivity contribution in [3.8, 4) is 0 Å². The summed E-state index contributed by atoms with van der Waals surface area (Å²) in [5.41, 5.74) is 4.71. The van der Waals surface area contributed by atoms with Gasteiger partial charge in [0.15, 0.2) is 0 Å². The lowest BCUT2D eigenvalue weighted by molar-refractivity contribution is -0.112. The zero-order valence-corrected chi connectivity index (χ0v) is 22.7. The first-order valence-corrected chi connectivity index (χ1v) is 13.4. The number of likely N-dealkylation sites (N-methyl/N-ethyl adjacent to an activating group) is 1. The normalized spacial score (nSPS) is 14.6. The van der Waals surface area contributed by atoms with Crippen LogP contribution in [-0.2, 0) is 17.6 Å². The Labute approximate surface area is 227 Å².